The lowest BCUT2D eigenvalue weighted by Crippen LogP contribution is -2.40. The van der Waals surface area contributed by atoms with Crippen LogP contribution < -0.4 is 5.32 Å². The first-order valence-corrected chi connectivity index (χ1v) is 6.96. The van der Waals surface area contributed by atoms with Crippen molar-refractivity contribution in [2.75, 3.05) is 11.9 Å². The summed E-state index contributed by atoms with van der Waals surface area (Å²) < 4.78 is 5.24. The number of hydrogen-bond donors (Lipinski definition) is 1. The fraction of sp³-hybridized carbons (Fsp3) is 0.500. The molecule has 5 nitrogen and oxygen atoms in total. The quantitative estimate of drug-likeness (QED) is 0.515. The normalized spacial score (nSPS) is 23.6. The maximum absolute atomic E-state index is 12.3. The van der Waals surface area contributed by atoms with Gasteiger partial charge in [0.2, 0.25) is 0 Å². The van der Waals surface area contributed by atoms with E-state index in [1.807, 2.05) is 0 Å². The highest BCUT2D eigenvalue weighted by molar-refractivity contribution is 9.09. The van der Waals surface area contributed by atoms with Crippen molar-refractivity contribution in [1.29, 1.82) is 0 Å². The van der Waals surface area contributed by atoms with E-state index in [0.29, 0.717) is 12.3 Å². The molecule has 18 heavy (non-hydrogen) atoms. The number of unbranched alkanes of at least 4 members (excludes halogenated alkanes) is 1. The predicted molar refractivity (Wildman–Crippen MR) is 69.3 cm³/mol. The topological polar surface area (TPSA) is 62.6 Å². The second-order valence-corrected chi connectivity index (χ2v) is 5.18. The molecule has 1 fully saturated rings. The van der Waals surface area contributed by atoms with Crippen LogP contribution in [0.5, 0.6) is 0 Å². The number of urea groups is 1. The van der Waals surface area contributed by atoms with Crippen LogP contribution in [0.25, 0.3) is 0 Å². The SMILES string of the molecule is CC1(c2ccco2)NC(=O)N(CCCCBr)C1=O. The van der Waals surface area contributed by atoms with Crippen molar-refractivity contribution >= 4 is 27.9 Å². The molecule has 0 aromatic carbocycles. The van der Waals surface area contributed by atoms with Gasteiger partial charge in [0.25, 0.3) is 5.91 Å². The minimum absolute atomic E-state index is 0.253. The number of nitrogens with one attached hydrogen (secondary N) is 1. The number of rotatable bonds is 5. The molecule has 3 amide bonds. The van der Waals surface area contributed by atoms with E-state index in [4.69, 9.17) is 4.42 Å². The van der Waals surface area contributed by atoms with Crippen LogP contribution in [0.15, 0.2) is 22.8 Å². The van der Waals surface area contributed by atoms with Crippen molar-refractivity contribution in [2.45, 2.75) is 25.3 Å². The third-order valence-electron chi connectivity index (χ3n) is 3.05. The van der Waals surface area contributed by atoms with Crippen molar-refractivity contribution in [3.63, 3.8) is 0 Å². The van der Waals surface area contributed by atoms with E-state index in [2.05, 4.69) is 21.2 Å². The molecule has 1 aromatic heterocycles. The fourth-order valence-corrected chi connectivity index (χ4v) is 2.39. The van der Waals surface area contributed by atoms with Gasteiger partial charge in [-0.1, -0.05) is 15.9 Å². The molecule has 1 aliphatic heterocycles. The van der Waals surface area contributed by atoms with Crippen LogP contribution in [0.1, 0.15) is 25.5 Å². The molecular formula is C12H15BrN2O3. The summed E-state index contributed by atoms with van der Waals surface area (Å²) in [7, 11) is 0. The molecule has 0 saturated carbocycles. The third-order valence-corrected chi connectivity index (χ3v) is 3.62. The Labute approximate surface area is 114 Å². The van der Waals surface area contributed by atoms with Crippen LogP contribution in [0.4, 0.5) is 4.79 Å². The Hall–Kier alpha value is -1.30. The monoisotopic (exact) mass is 314 g/mol. The molecule has 0 spiro atoms. The molecule has 1 aliphatic rings. The molecule has 0 bridgehead atoms. The van der Waals surface area contributed by atoms with Gasteiger partial charge in [-0.25, -0.2) is 4.79 Å². The second kappa shape index (κ2) is 5.14. The summed E-state index contributed by atoms with van der Waals surface area (Å²) in [6.07, 6.45) is 3.21. The van der Waals surface area contributed by atoms with Gasteiger partial charge in [0, 0.05) is 11.9 Å². The Kier molecular flexibility index (Phi) is 3.75. The van der Waals surface area contributed by atoms with Gasteiger partial charge in [-0.15, -0.1) is 0 Å². The number of carbonyl (C=O) groups excluding carboxylic acids is 2. The van der Waals surface area contributed by atoms with Gasteiger partial charge in [0.15, 0.2) is 5.54 Å². The Morgan fingerprint density at radius 3 is 2.83 bits per heavy atom. The van der Waals surface area contributed by atoms with Crippen molar-refractivity contribution in [2.24, 2.45) is 0 Å². The van der Waals surface area contributed by atoms with Gasteiger partial charge in [0.05, 0.1) is 6.26 Å². The van der Waals surface area contributed by atoms with Gasteiger partial charge in [0.1, 0.15) is 5.76 Å². The first kappa shape index (κ1) is 13.1. The number of amides is 3. The predicted octanol–water partition coefficient (Wildman–Crippen LogP) is 2.22. The summed E-state index contributed by atoms with van der Waals surface area (Å²) in [5.74, 6) is 0.209. The molecule has 0 aliphatic carbocycles. The van der Waals surface area contributed by atoms with Crippen molar-refractivity contribution in [3.05, 3.63) is 24.2 Å². The van der Waals surface area contributed by atoms with E-state index < -0.39 is 5.54 Å². The van der Waals surface area contributed by atoms with E-state index in [9.17, 15) is 9.59 Å². The molecule has 2 rings (SSSR count). The number of carbonyl (C=O) groups is 2. The zero-order chi connectivity index (χ0) is 13.2. The maximum atomic E-state index is 12.3. The summed E-state index contributed by atoms with van der Waals surface area (Å²) in [4.78, 5) is 25.4. The first-order valence-electron chi connectivity index (χ1n) is 5.83. The van der Waals surface area contributed by atoms with Crippen LogP contribution in [-0.4, -0.2) is 28.7 Å². The molecular weight excluding hydrogens is 300 g/mol. The molecule has 98 valence electrons. The number of nitrogens with zero attached hydrogens (tertiary/aromatic N) is 1. The van der Waals surface area contributed by atoms with Crippen molar-refractivity contribution < 1.29 is 14.0 Å². The fourth-order valence-electron chi connectivity index (χ4n) is 1.99. The van der Waals surface area contributed by atoms with Crippen LogP contribution in [0.2, 0.25) is 0 Å². The molecule has 1 aromatic rings. The summed E-state index contributed by atoms with van der Waals surface area (Å²) in [6.45, 7) is 2.10. The van der Waals surface area contributed by atoms with E-state index in [1.165, 1.54) is 11.2 Å². The maximum Gasteiger partial charge on any atom is 0.325 e. The lowest BCUT2D eigenvalue weighted by atomic mass is 9.99. The Morgan fingerprint density at radius 2 is 2.22 bits per heavy atom. The average Bonchev–Trinajstić information content (AvgIpc) is 2.93. The lowest BCUT2D eigenvalue weighted by molar-refractivity contribution is -0.131. The van der Waals surface area contributed by atoms with E-state index in [0.717, 1.165) is 18.2 Å². The third kappa shape index (κ3) is 2.16. The molecule has 0 radical (unpaired) electrons. The van der Waals surface area contributed by atoms with Crippen molar-refractivity contribution in [3.8, 4) is 0 Å². The molecule has 1 N–H and O–H groups in total. The molecule has 1 saturated heterocycles. The average molecular weight is 315 g/mol. The number of furan rings is 1. The lowest BCUT2D eigenvalue weighted by Gasteiger charge is -2.18. The Morgan fingerprint density at radius 1 is 1.44 bits per heavy atom. The number of alkyl halides is 1. The van der Waals surface area contributed by atoms with E-state index in [1.54, 1.807) is 19.1 Å². The number of hydrogen-bond acceptors (Lipinski definition) is 3. The van der Waals surface area contributed by atoms with E-state index in [-0.39, 0.29) is 11.9 Å². The summed E-state index contributed by atoms with van der Waals surface area (Å²) in [5.41, 5.74) is -1.07. The molecule has 6 heteroatoms. The van der Waals surface area contributed by atoms with Crippen LogP contribution in [0, 0.1) is 0 Å². The summed E-state index contributed by atoms with van der Waals surface area (Å²) in [6, 6.07) is 3.04. The second-order valence-electron chi connectivity index (χ2n) is 4.39. The minimum atomic E-state index is -1.07. The van der Waals surface area contributed by atoms with Crippen LogP contribution in [0.3, 0.4) is 0 Å². The smallest absolute Gasteiger partial charge is 0.325 e. The zero-order valence-corrected chi connectivity index (χ0v) is 11.7. The van der Waals surface area contributed by atoms with Gasteiger partial charge in [-0.3, -0.25) is 9.69 Å². The molecule has 2 heterocycles. The van der Waals surface area contributed by atoms with Gasteiger partial charge >= 0.3 is 6.03 Å². The van der Waals surface area contributed by atoms with Crippen LogP contribution >= 0.6 is 15.9 Å². The summed E-state index contributed by atoms with van der Waals surface area (Å²) in [5, 5.41) is 3.56. The number of halogens is 1. The summed E-state index contributed by atoms with van der Waals surface area (Å²) >= 11 is 3.32. The number of imide groups is 1. The van der Waals surface area contributed by atoms with Gasteiger partial charge in [-0.2, -0.15) is 0 Å². The van der Waals surface area contributed by atoms with Crippen molar-refractivity contribution in [1.82, 2.24) is 10.2 Å². The van der Waals surface area contributed by atoms with Gasteiger partial charge in [-0.05, 0) is 31.9 Å². The minimum Gasteiger partial charge on any atom is -0.466 e. The highest BCUT2D eigenvalue weighted by Gasteiger charge is 2.50. The zero-order valence-electron chi connectivity index (χ0n) is 10.1. The Bertz CT molecular complexity index is 446. The standard InChI is InChI=1S/C12H15BrN2O3/c1-12(9-5-4-8-18-9)10(16)15(11(17)14-12)7-3-2-6-13/h4-5,8H,2-3,6-7H2,1H3,(H,14,17). The molecule has 1 unspecified atom stereocenters. The first-order chi connectivity index (χ1) is 8.59. The highest BCUT2D eigenvalue weighted by Crippen LogP contribution is 2.29. The highest BCUT2D eigenvalue weighted by atomic mass is 79.9. The van der Waals surface area contributed by atoms with Gasteiger partial charge < -0.3 is 9.73 Å². The van der Waals surface area contributed by atoms with Crippen LogP contribution in [-0.2, 0) is 10.3 Å². The largest absolute Gasteiger partial charge is 0.466 e. The molecule has 1 atom stereocenters. The Balaban J connectivity index is 2.13. The van der Waals surface area contributed by atoms with E-state index >= 15 is 0 Å².